The second-order valence-electron chi connectivity index (χ2n) is 4.43. The molecule has 0 amide bonds. The Kier molecular flexibility index (Phi) is 4.55. The molecule has 2 N–H and O–H groups in total. The fraction of sp³-hybridized carbons (Fsp3) is 0.583. The molecule has 0 aliphatic heterocycles. The third-order valence-electron chi connectivity index (χ3n) is 3.09. The van der Waals surface area contributed by atoms with E-state index in [-0.39, 0.29) is 11.9 Å². The van der Waals surface area contributed by atoms with Crippen molar-refractivity contribution in [1.29, 1.82) is 0 Å². The van der Waals surface area contributed by atoms with E-state index in [1.165, 1.54) is 0 Å². The lowest BCUT2D eigenvalue weighted by Crippen LogP contribution is -2.09. The topological polar surface area (TPSA) is 75.9 Å². The van der Waals surface area contributed by atoms with Gasteiger partial charge in [-0.25, -0.2) is 4.98 Å². The number of hydrogen-bond donors (Lipinski definition) is 2. The molecule has 1 unspecified atom stereocenters. The first kappa shape index (κ1) is 14.0. The highest BCUT2D eigenvalue weighted by molar-refractivity contribution is 6.28. The molecule has 19 heavy (non-hydrogen) atoms. The first-order valence-corrected chi connectivity index (χ1v) is 6.80. The Hall–Kier alpha value is -1.40. The fourth-order valence-electron chi connectivity index (χ4n) is 1.86. The molecule has 2 heterocycles. The van der Waals surface area contributed by atoms with Gasteiger partial charge in [-0.1, -0.05) is 6.92 Å². The van der Waals surface area contributed by atoms with Crippen LogP contribution in [0.4, 0.5) is 5.82 Å². The van der Waals surface area contributed by atoms with Crippen LogP contribution in [0.5, 0.6) is 0 Å². The van der Waals surface area contributed by atoms with Crippen molar-refractivity contribution in [1.82, 2.24) is 19.5 Å². The minimum Gasteiger partial charge on any atom is -0.396 e. The molecule has 0 aromatic carbocycles. The van der Waals surface area contributed by atoms with E-state index in [4.69, 9.17) is 16.7 Å². The largest absolute Gasteiger partial charge is 0.396 e. The Morgan fingerprint density at radius 1 is 1.47 bits per heavy atom. The number of imidazole rings is 1. The summed E-state index contributed by atoms with van der Waals surface area (Å²) in [4.78, 5) is 12.6. The summed E-state index contributed by atoms with van der Waals surface area (Å²) >= 11 is 5.90. The van der Waals surface area contributed by atoms with E-state index in [0.29, 0.717) is 30.5 Å². The van der Waals surface area contributed by atoms with Crippen molar-refractivity contribution in [3.05, 3.63) is 11.6 Å². The molecule has 0 aliphatic rings. The SMILES string of the molecule is CCC(C)n1cnc2nc(Cl)nc(NCCCO)c21. The zero-order valence-corrected chi connectivity index (χ0v) is 11.9. The summed E-state index contributed by atoms with van der Waals surface area (Å²) in [6.07, 6.45) is 3.41. The Bertz CT molecular complexity index is 556. The van der Waals surface area contributed by atoms with Crippen molar-refractivity contribution in [2.45, 2.75) is 32.7 Å². The summed E-state index contributed by atoms with van der Waals surface area (Å²) in [5.41, 5.74) is 1.45. The molecule has 0 aliphatic carbocycles. The smallest absolute Gasteiger partial charge is 0.226 e. The lowest BCUT2D eigenvalue weighted by atomic mass is 10.2. The van der Waals surface area contributed by atoms with Crippen LogP contribution in [0.25, 0.3) is 11.2 Å². The minimum absolute atomic E-state index is 0.138. The van der Waals surface area contributed by atoms with Crippen molar-refractivity contribution in [2.24, 2.45) is 0 Å². The first-order chi connectivity index (χ1) is 9.17. The monoisotopic (exact) mass is 283 g/mol. The molecular weight excluding hydrogens is 266 g/mol. The summed E-state index contributed by atoms with van der Waals surface area (Å²) in [6.45, 7) is 5.00. The van der Waals surface area contributed by atoms with Crippen LogP contribution in [0.15, 0.2) is 6.33 Å². The van der Waals surface area contributed by atoms with Crippen molar-refractivity contribution in [3.8, 4) is 0 Å². The van der Waals surface area contributed by atoms with E-state index < -0.39 is 0 Å². The average molecular weight is 284 g/mol. The predicted octanol–water partition coefficient (Wildman–Crippen LogP) is 2.25. The zero-order valence-electron chi connectivity index (χ0n) is 11.1. The van der Waals surface area contributed by atoms with Crippen molar-refractivity contribution in [2.75, 3.05) is 18.5 Å². The molecule has 0 saturated carbocycles. The quantitative estimate of drug-likeness (QED) is 0.628. The van der Waals surface area contributed by atoms with Gasteiger partial charge in [0.15, 0.2) is 11.5 Å². The van der Waals surface area contributed by atoms with Gasteiger partial charge in [-0.05, 0) is 31.4 Å². The van der Waals surface area contributed by atoms with Crippen LogP contribution >= 0.6 is 11.6 Å². The summed E-state index contributed by atoms with van der Waals surface area (Å²) < 4.78 is 2.05. The number of aliphatic hydroxyl groups is 1. The molecule has 104 valence electrons. The molecule has 2 aromatic heterocycles. The number of nitrogens with one attached hydrogen (secondary N) is 1. The number of halogens is 1. The van der Waals surface area contributed by atoms with Crippen molar-refractivity contribution in [3.63, 3.8) is 0 Å². The van der Waals surface area contributed by atoms with Gasteiger partial charge in [0.2, 0.25) is 5.28 Å². The molecule has 0 bridgehead atoms. The van der Waals surface area contributed by atoms with Crippen molar-refractivity contribution < 1.29 is 5.11 Å². The van der Waals surface area contributed by atoms with Crippen LogP contribution in [0.3, 0.4) is 0 Å². The number of aliphatic hydroxyl groups excluding tert-OH is 1. The van der Waals surface area contributed by atoms with Crippen LogP contribution in [0.2, 0.25) is 5.28 Å². The fourth-order valence-corrected chi connectivity index (χ4v) is 2.02. The lowest BCUT2D eigenvalue weighted by molar-refractivity contribution is 0.292. The summed E-state index contributed by atoms with van der Waals surface area (Å²) in [5, 5.41) is 12.2. The summed E-state index contributed by atoms with van der Waals surface area (Å²) in [5.74, 6) is 0.668. The van der Waals surface area contributed by atoms with Gasteiger partial charge in [0, 0.05) is 19.2 Å². The third-order valence-corrected chi connectivity index (χ3v) is 3.26. The van der Waals surface area contributed by atoms with Gasteiger partial charge in [-0.3, -0.25) is 0 Å². The molecule has 2 rings (SSSR count). The van der Waals surface area contributed by atoms with Gasteiger partial charge in [0.1, 0.15) is 5.52 Å². The van der Waals surface area contributed by atoms with Crippen LogP contribution in [0, 0.1) is 0 Å². The van der Waals surface area contributed by atoms with Crippen LogP contribution in [-0.2, 0) is 0 Å². The molecule has 1 atom stereocenters. The van der Waals surface area contributed by atoms with Crippen LogP contribution in [-0.4, -0.2) is 37.8 Å². The van der Waals surface area contributed by atoms with E-state index in [2.05, 4.69) is 34.1 Å². The number of hydrogen-bond acceptors (Lipinski definition) is 5. The van der Waals surface area contributed by atoms with Gasteiger partial charge in [-0.2, -0.15) is 9.97 Å². The first-order valence-electron chi connectivity index (χ1n) is 6.42. The highest BCUT2D eigenvalue weighted by atomic mass is 35.5. The Morgan fingerprint density at radius 2 is 2.26 bits per heavy atom. The van der Waals surface area contributed by atoms with E-state index in [1.807, 2.05) is 4.57 Å². The average Bonchev–Trinajstić information content (AvgIpc) is 2.81. The number of fused-ring (bicyclic) bond motifs is 1. The Balaban J connectivity index is 2.43. The molecule has 2 aromatic rings. The molecule has 0 saturated heterocycles. The Morgan fingerprint density at radius 3 is 2.95 bits per heavy atom. The minimum atomic E-state index is 0.138. The van der Waals surface area contributed by atoms with E-state index >= 15 is 0 Å². The lowest BCUT2D eigenvalue weighted by Gasteiger charge is -2.14. The number of anilines is 1. The molecule has 0 spiro atoms. The molecule has 0 radical (unpaired) electrons. The number of nitrogens with zero attached hydrogens (tertiary/aromatic N) is 4. The molecule has 6 nitrogen and oxygen atoms in total. The number of aromatic nitrogens is 4. The molecule has 0 fully saturated rings. The van der Waals surface area contributed by atoms with Gasteiger partial charge >= 0.3 is 0 Å². The van der Waals surface area contributed by atoms with E-state index in [9.17, 15) is 0 Å². The predicted molar refractivity (Wildman–Crippen MR) is 75.5 cm³/mol. The van der Waals surface area contributed by atoms with Gasteiger partial charge in [0.25, 0.3) is 0 Å². The summed E-state index contributed by atoms with van der Waals surface area (Å²) in [7, 11) is 0. The normalized spacial score (nSPS) is 12.8. The standard InChI is InChI=1S/C12H18ClN5O/c1-3-8(2)18-7-15-11-9(18)10(14-5-4-6-19)16-12(13)17-11/h7-8,19H,3-6H2,1-2H3,(H,14,16,17). The van der Waals surface area contributed by atoms with Gasteiger partial charge in [0.05, 0.1) is 6.33 Å². The van der Waals surface area contributed by atoms with E-state index in [1.54, 1.807) is 6.33 Å². The summed E-state index contributed by atoms with van der Waals surface area (Å²) in [6, 6.07) is 0.313. The highest BCUT2D eigenvalue weighted by Crippen LogP contribution is 2.25. The maximum atomic E-state index is 8.84. The molecular formula is C12H18ClN5O. The Labute approximate surface area is 116 Å². The van der Waals surface area contributed by atoms with Gasteiger partial charge in [-0.15, -0.1) is 0 Å². The van der Waals surface area contributed by atoms with Crippen LogP contribution in [0.1, 0.15) is 32.7 Å². The maximum absolute atomic E-state index is 8.84. The van der Waals surface area contributed by atoms with Crippen LogP contribution < -0.4 is 5.32 Å². The second kappa shape index (κ2) is 6.16. The van der Waals surface area contributed by atoms with Gasteiger partial charge < -0.3 is 15.0 Å². The van der Waals surface area contributed by atoms with Crippen molar-refractivity contribution >= 4 is 28.6 Å². The zero-order chi connectivity index (χ0) is 13.8. The van der Waals surface area contributed by atoms with E-state index in [0.717, 1.165) is 11.9 Å². The third kappa shape index (κ3) is 2.96. The number of rotatable bonds is 6. The highest BCUT2D eigenvalue weighted by Gasteiger charge is 2.15. The second-order valence-corrected chi connectivity index (χ2v) is 4.76. The molecule has 7 heteroatoms. The maximum Gasteiger partial charge on any atom is 0.226 e.